The number of aliphatic hydroxyl groups excluding tert-OH is 1. The Hall–Kier alpha value is -2.28. The Morgan fingerprint density at radius 2 is 2.05 bits per heavy atom. The van der Waals surface area contributed by atoms with Gasteiger partial charge in [-0.1, -0.05) is 6.07 Å². The Kier molecular flexibility index (Phi) is 4.64. The zero-order valence-corrected chi connectivity index (χ0v) is 11.5. The van der Waals surface area contributed by atoms with Crippen LogP contribution in [0.3, 0.4) is 0 Å². The van der Waals surface area contributed by atoms with Gasteiger partial charge in [-0.2, -0.15) is 0 Å². The van der Waals surface area contributed by atoms with Crippen LogP contribution < -0.4 is 14.8 Å². The van der Waals surface area contributed by atoms with Gasteiger partial charge in [0, 0.05) is 6.42 Å². The molecule has 2 rings (SSSR count). The first kappa shape index (κ1) is 15.1. The van der Waals surface area contributed by atoms with Crippen LogP contribution in [0.15, 0.2) is 18.2 Å². The maximum Gasteiger partial charge on any atom is 0.328 e. The number of benzene rings is 1. The third kappa shape index (κ3) is 3.85. The number of ether oxygens (including phenoxy) is 2. The number of carbonyl (C=O) groups excluding carboxylic acids is 1. The van der Waals surface area contributed by atoms with Crippen molar-refractivity contribution < 1.29 is 29.3 Å². The molecule has 1 aliphatic rings. The first-order valence-electron chi connectivity index (χ1n) is 6.56. The van der Waals surface area contributed by atoms with Crippen molar-refractivity contribution >= 4 is 11.9 Å². The van der Waals surface area contributed by atoms with Crippen molar-refractivity contribution in [3.8, 4) is 11.5 Å². The fraction of sp³-hybridized carbons (Fsp3) is 0.429. The van der Waals surface area contributed by atoms with Gasteiger partial charge >= 0.3 is 5.97 Å². The summed E-state index contributed by atoms with van der Waals surface area (Å²) in [7, 11) is 0. The highest BCUT2D eigenvalue weighted by molar-refractivity contribution is 5.84. The second-order valence-corrected chi connectivity index (χ2v) is 4.81. The number of aryl methyl sites for hydroxylation is 1. The second-order valence-electron chi connectivity index (χ2n) is 4.81. The Labute approximate surface area is 121 Å². The van der Waals surface area contributed by atoms with E-state index in [0.29, 0.717) is 17.9 Å². The van der Waals surface area contributed by atoms with E-state index < -0.39 is 24.0 Å². The predicted octanol–water partition coefficient (Wildman–Crippen LogP) is 0.298. The largest absolute Gasteiger partial charge is 0.480 e. The van der Waals surface area contributed by atoms with Crippen LogP contribution in [0, 0.1) is 0 Å². The lowest BCUT2D eigenvalue weighted by Crippen LogP contribution is -2.47. The highest BCUT2D eigenvalue weighted by atomic mass is 16.7. The van der Waals surface area contributed by atoms with Crippen molar-refractivity contribution in [2.75, 3.05) is 6.79 Å². The van der Waals surface area contributed by atoms with Gasteiger partial charge in [-0.3, -0.25) is 4.79 Å². The summed E-state index contributed by atoms with van der Waals surface area (Å²) < 4.78 is 10.4. The number of aliphatic carboxylic acids is 1. The van der Waals surface area contributed by atoms with E-state index in [1.165, 1.54) is 6.92 Å². The van der Waals surface area contributed by atoms with E-state index >= 15 is 0 Å². The van der Waals surface area contributed by atoms with Gasteiger partial charge in [-0.05, 0) is 31.0 Å². The predicted molar refractivity (Wildman–Crippen MR) is 72.1 cm³/mol. The van der Waals surface area contributed by atoms with Gasteiger partial charge in [-0.15, -0.1) is 0 Å². The summed E-state index contributed by atoms with van der Waals surface area (Å²) >= 11 is 0. The quantitative estimate of drug-likeness (QED) is 0.697. The van der Waals surface area contributed by atoms with Crippen molar-refractivity contribution in [2.45, 2.75) is 31.9 Å². The molecule has 114 valence electrons. The molecule has 21 heavy (non-hydrogen) atoms. The van der Waals surface area contributed by atoms with E-state index in [9.17, 15) is 14.7 Å². The normalized spacial score (nSPS) is 15.3. The third-order valence-electron chi connectivity index (χ3n) is 3.14. The SMILES string of the molecule is CC(O)C(NC(=O)CCc1ccc2c(c1)OCO2)C(=O)O. The molecule has 1 heterocycles. The lowest BCUT2D eigenvalue weighted by Gasteiger charge is -2.16. The van der Waals surface area contributed by atoms with Crippen LogP contribution in [0.1, 0.15) is 18.9 Å². The van der Waals surface area contributed by atoms with E-state index in [1.807, 2.05) is 6.07 Å². The van der Waals surface area contributed by atoms with Gasteiger partial charge in [0.15, 0.2) is 17.5 Å². The zero-order valence-electron chi connectivity index (χ0n) is 11.5. The molecule has 2 unspecified atom stereocenters. The highest BCUT2D eigenvalue weighted by Crippen LogP contribution is 2.32. The van der Waals surface area contributed by atoms with Gasteiger partial charge in [0.05, 0.1) is 6.10 Å². The Morgan fingerprint density at radius 1 is 1.33 bits per heavy atom. The van der Waals surface area contributed by atoms with E-state index in [2.05, 4.69) is 5.32 Å². The molecule has 3 N–H and O–H groups in total. The molecule has 7 heteroatoms. The summed E-state index contributed by atoms with van der Waals surface area (Å²) in [5.41, 5.74) is 0.887. The van der Waals surface area contributed by atoms with Crippen LogP contribution in [0.4, 0.5) is 0 Å². The van der Waals surface area contributed by atoms with Crippen molar-refractivity contribution in [3.63, 3.8) is 0 Å². The lowest BCUT2D eigenvalue weighted by atomic mass is 10.1. The summed E-state index contributed by atoms with van der Waals surface area (Å²) in [5.74, 6) is -0.383. The Balaban J connectivity index is 1.88. The summed E-state index contributed by atoms with van der Waals surface area (Å²) in [6.07, 6.45) is -0.595. The molecule has 2 atom stereocenters. The van der Waals surface area contributed by atoms with Crippen LogP contribution in [-0.2, 0) is 16.0 Å². The molecule has 0 radical (unpaired) electrons. The van der Waals surface area contributed by atoms with Crippen LogP contribution in [-0.4, -0.2) is 41.0 Å². The van der Waals surface area contributed by atoms with Gasteiger partial charge in [-0.25, -0.2) is 4.79 Å². The summed E-state index contributed by atoms with van der Waals surface area (Å²) in [4.78, 5) is 22.6. The van der Waals surface area contributed by atoms with Crippen molar-refractivity contribution in [2.24, 2.45) is 0 Å². The molecular weight excluding hydrogens is 278 g/mol. The molecule has 0 bridgehead atoms. The number of carboxylic acid groups (broad SMARTS) is 1. The number of nitrogens with one attached hydrogen (secondary N) is 1. The van der Waals surface area contributed by atoms with Crippen molar-refractivity contribution in [1.82, 2.24) is 5.32 Å². The maximum atomic E-state index is 11.7. The fourth-order valence-corrected chi connectivity index (χ4v) is 1.99. The Morgan fingerprint density at radius 3 is 2.71 bits per heavy atom. The standard InChI is InChI=1S/C14H17NO6/c1-8(16)13(14(18)19)15-12(17)5-3-9-2-4-10-11(6-9)21-7-20-10/h2,4,6,8,13,16H,3,5,7H2,1H3,(H,15,17)(H,18,19). The minimum Gasteiger partial charge on any atom is -0.480 e. The number of carboxylic acids is 1. The number of fused-ring (bicyclic) bond motifs is 1. The third-order valence-corrected chi connectivity index (χ3v) is 3.14. The van der Waals surface area contributed by atoms with E-state index in [-0.39, 0.29) is 13.2 Å². The Bertz CT molecular complexity index is 542. The summed E-state index contributed by atoms with van der Waals surface area (Å²) in [6.45, 7) is 1.50. The number of carbonyl (C=O) groups is 2. The smallest absolute Gasteiger partial charge is 0.328 e. The first-order valence-corrected chi connectivity index (χ1v) is 6.56. The van der Waals surface area contributed by atoms with Crippen molar-refractivity contribution in [1.29, 1.82) is 0 Å². The molecule has 0 saturated carbocycles. The van der Waals surface area contributed by atoms with E-state index in [4.69, 9.17) is 14.6 Å². The topological polar surface area (TPSA) is 105 Å². The van der Waals surface area contributed by atoms with Crippen LogP contribution in [0.2, 0.25) is 0 Å². The molecular formula is C14H17NO6. The van der Waals surface area contributed by atoms with Crippen LogP contribution in [0.5, 0.6) is 11.5 Å². The molecule has 7 nitrogen and oxygen atoms in total. The molecule has 0 fully saturated rings. The first-order chi connectivity index (χ1) is 9.97. The van der Waals surface area contributed by atoms with Gasteiger partial charge in [0.2, 0.25) is 12.7 Å². The minimum absolute atomic E-state index is 0.121. The molecule has 0 aliphatic carbocycles. The number of hydrogen-bond donors (Lipinski definition) is 3. The van der Waals surface area contributed by atoms with Crippen LogP contribution >= 0.6 is 0 Å². The fourth-order valence-electron chi connectivity index (χ4n) is 1.99. The molecule has 0 saturated heterocycles. The van der Waals surface area contributed by atoms with Crippen molar-refractivity contribution in [3.05, 3.63) is 23.8 Å². The lowest BCUT2D eigenvalue weighted by molar-refractivity contribution is -0.144. The van der Waals surface area contributed by atoms with Gasteiger partial charge < -0.3 is 25.0 Å². The van der Waals surface area contributed by atoms with Crippen LogP contribution in [0.25, 0.3) is 0 Å². The molecule has 1 aromatic carbocycles. The van der Waals surface area contributed by atoms with E-state index in [1.54, 1.807) is 12.1 Å². The second kappa shape index (κ2) is 6.45. The number of hydrogen-bond acceptors (Lipinski definition) is 5. The monoisotopic (exact) mass is 295 g/mol. The maximum absolute atomic E-state index is 11.7. The van der Waals surface area contributed by atoms with E-state index in [0.717, 1.165) is 5.56 Å². The summed E-state index contributed by atoms with van der Waals surface area (Å²) in [5, 5.41) is 20.5. The molecule has 1 aromatic rings. The highest BCUT2D eigenvalue weighted by Gasteiger charge is 2.24. The number of aliphatic hydroxyl groups is 1. The minimum atomic E-state index is -1.30. The average Bonchev–Trinajstić information content (AvgIpc) is 2.89. The zero-order chi connectivity index (χ0) is 15.4. The average molecular weight is 295 g/mol. The number of amides is 1. The van der Waals surface area contributed by atoms with Gasteiger partial charge in [0.25, 0.3) is 0 Å². The molecule has 0 aromatic heterocycles. The molecule has 1 amide bonds. The molecule has 0 spiro atoms. The van der Waals surface area contributed by atoms with Gasteiger partial charge in [0.1, 0.15) is 0 Å². The molecule has 1 aliphatic heterocycles. The number of rotatable bonds is 6. The summed E-state index contributed by atoms with van der Waals surface area (Å²) in [6, 6.07) is 4.09.